The van der Waals surface area contributed by atoms with E-state index in [0.717, 1.165) is 5.56 Å². The summed E-state index contributed by atoms with van der Waals surface area (Å²) < 4.78 is 12.9. The van der Waals surface area contributed by atoms with Crippen LogP contribution in [0, 0.1) is 5.82 Å². The lowest BCUT2D eigenvalue weighted by Gasteiger charge is -2.09. The molecule has 0 fully saturated rings. The van der Waals surface area contributed by atoms with E-state index < -0.39 is 5.91 Å². The van der Waals surface area contributed by atoms with Gasteiger partial charge in [-0.1, -0.05) is 30.3 Å². The minimum absolute atomic E-state index is 0.114. The first-order valence-electron chi connectivity index (χ1n) is 6.66. The van der Waals surface area contributed by atoms with Gasteiger partial charge < -0.3 is 10.6 Å². The smallest absolute Gasteiger partial charge is 0.272 e. The molecule has 22 heavy (non-hydrogen) atoms. The van der Waals surface area contributed by atoms with E-state index in [0.29, 0.717) is 5.69 Å². The molecule has 112 valence electrons. The molecule has 0 aliphatic heterocycles. The topological polar surface area (TPSA) is 58.2 Å². The fraction of sp³-hybridized carbons (Fsp3) is 0.0588. The van der Waals surface area contributed by atoms with Crippen molar-refractivity contribution in [2.24, 2.45) is 0 Å². The standard InChI is InChI=1S/C17H15FN2O2/c1-12(21)19-16(11-13-5-3-2-4-6-13)17(22)20-15-9-7-14(18)8-10-15/h2-11H,1H3,(H,19,21)(H,20,22)/b16-11+. The van der Waals surface area contributed by atoms with Crippen molar-refractivity contribution < 1.29 is 14.0 Å². The van der Waals surface area contributed by atoms with Crippen molar-refractivity contribution >= 4 is 23.6 Å². The fourth-order valence-corrected chi connectivity index (χ4v) is 1.80. The number of hydrogen-bond acceptors (Lipinski definition) is 2. The molecule has 0 heterocycles. The van der Waals surface area contributed by atoms with E-state index in [2.05, 4.69) is 10.6 Å². The van der Waals surface area contributed by atoms with E-state index in [1.165, 1.54) is 31.2 Å². The first-order chi connectivity index (χ1) is 10.5. The monoisotopic (exact) mass is 298 g/mol. The lowest BCUT2D eigenvalue weighted by atomic mass is 10.2. The van der Waals surface area contributed by atoms with E-state index in [-0.39, 0.29) is 17.4 Å². The molecule has 2 amide bonds. The third-order valence-corrected chi connectivity index (χ3v) is 2.77. The average molecular weight is 298 g/mol. The van der Waals surface area contributed by atoms with E-state index in [1.807, 2.05) is 30.3 Å². The lowest BCUT2D eigenvalue weighted by Crippen LogP contribution is -2.28. The van der Waals surface area contributed by atoms with Gasteiger partial charge in [0.25, 0.3) is 5.91 Å². The highest BCUT2D eigenvalue weighted by atomic mass is 19.1. The van der Waals surface area contributed by atoms with Crippen LogP contribution in [-0.2, 0) is 9.59 Å². The van der Waals surface area contributed by atoms with Crippen molar-refractivity contribution in [3.63, 3.8) is 0 Å². The van der Waals surface area contributed by atoms with Crippen molar-refractivity contribution in [2.75, 3.05) is 5.32 Å². The van der Waals surface area contributed by atoms with Gasteiger partial charge in [0.2, 0.25) is 5.91 Å². The summed E-state index contributed by atoms with van der Waals surface area (Å²) in [5.74, 6) is -1.22. The van der Waals surface area contributed by atoms with Crippen LogP contribution in [0.3, 0.4) is 0 Å². The Hall–Kier alpha value is -2.95. The van der Waals surface area contributed by atoms with Crippen LogP contribution < -0.4 is 10.6 Å². The summed E-state index contributed by atoms with van der Waals surface area (Å²) in [7, 11) is 0. The predicted octanol–water partition coefficient (Wildman–Crippen LogP) is 2.94. The Kier molecular flexibility index (Phi) is 5.03. The zero-order chi connectivity index (χ0) is 15.9. The number of amides is 2. The number of anilines is 1. The molecule has 0 spiro atoms. The molecule has 0 aliphatic rings. The lowest BCUT2D eigenvalue weighted by molar-refractivity contribution is -0.120. The normalized spacial score (nSPS) is 10.9. The molecule has 0 saturated carbocycles. The first-order valence-corrected chi connectivity index (χ1v) is 6.66. The Labute approximate surface area is 127 Å². The van der Waals surface area contributed by atoms with Gasteiger partial charge in [-0.05, 0) is 35.9 Å². The molecule has 4 nitrogen and oxygen atoms in total. The van der Waals surface area contributed by atoms with Gasteiger partial charge in [-0.25, -0.2) is 4.39 Å². The second-order valence-electron chi connectivity index (χ2n) is 4.61. The SMILES string of the molecule is CC(=O)N/C(=C/c1ccccc1)C(=O)Nc1ccc(F)cc1. The highest BCUT2D eigenvalue weighted by molar-refractivity contribution is 6.08. The second kappa shape index (κ2) is 7.17. The van der Waals surface area contributed by atoms with Crippen molar-refractivity contribution in [3.8, 4) is 0 Å². The number of halogens is 1. The molecule has 0 atom stereocenters. The maximum Gasteiger partial charge on any atom is 0.272 e. The summed E-state index contributed by atoms with van der Waals surface area (Å²) in [5, 5.41) is 5.10. The van der Waals surface area contributed by atoms with Crippen molar-refractivity contribution in [1.29, 1.82) is 0 Å². The van der Waals surface area contributed by atoms with Gasteiger partial charge in [0, 0.05) is 12.6 Å². The van der Waals surface area contributed by atoms with Crippen LogP contribution in [0.5, 0.6) is 0 Å². The maximum atomic E-state index is 12.9. The van der Waals surface area contributed by atoms with Gasteiger partial charge >= 0.3 is 0 Å². The number of carbonyl (C=O) groups excluding carboxylic acids is 2. The molecule has 0 aromatic heterocycles. The predicted molar refractivity (Wildman–Crippen MR) is 83.3 cm³/mol. The Morgan fingerprint density at radius 1 is 1.00 bits per heavy atom. The second-order valence-corrected chi connectivity index (χ2v) is 4.61. The molecule has 5 heteroatoms. The van der Waals surface area contributed by atoms with Crippen LogP contribution in [0.2, 0.25) is 0 Å². The molecule has 2 rings (SSSR count). The Balaban J connectivity index is 2.21. The highest BCUT2D eigenvalue weighted by Gasteiger charge is 2.11. The fourth-order valence-electron chi connectivity index (χ4n) is 1.80. The quantitative estimate of drug-likeness (QED) is 0.853. The van der Waals surface area contributed by atoms with Crippen LogP contribution in [0.25, 0.3) is 6.08 Å². The first kappa shape index (κ1) is 15.4. The molecule has 0 radical (unpaired) electrons. The van der Waals surface area contributed by atoms with Crippen LogP contribution >= 0.6 is 0 Å². The third-order valence-electron chi connectivity index (χ3n) is 2.77. The summed E-state index contributed by atoms with van der Waals surface area (Å²) in [4.78, 5) is 23.5. The number of benzene rings is 2. The summed E-state index contributed by atoms with van der Waals surface area (Å²) in [6, 6.07) is 14.5. The molecular weight excluding hydrogens is 283 g/mol. The number of hydrogen-bond donors (Lipinski definition) is 2. The largest absolute Gasteiger partial charge is 0.322 e. The number of nitrogens with one attached hydrogen (secondary N) is 2. The van der Waals surface area contributed by atoms with E-state index in [1.54, 1.807) is 6.08 Å². The molecule has 2 aromatic rings. The maximum absolute atomic E-state index is 12.9. The van der Waals surface area contributed by atoms with Crippen molar-refractivity contribution in [1.82, 2.24) is 5.32 Å². The van der Waals surface area contributed by atoms with E-state index >= 15 is 0 Å². The highest BCUT2D eigenvalue weighted by Crippen LogP contribution is 2.11. The van der Waals surface area contributed by atoms with Crippen LogP contribution in [0.4, 0.5) is 10.1 Å². The van der Waals surface area contributed by atoms with E-state index in [4.69, 9.17) is 0 Å². The minimum atomic E-state index is -0.481. The van der Waals surface area contributed by atoms with Crippen LogP contribution in [0.1, 0.15) is 12.5 Å². The molecule has 2 N–H and O–H groups in total. The molecular formula is C17H15FN2O2. The van der Waals surface area contributed by atoms with Crippen LogP contribution in [0.15, 0.2) is 60.3 Å². The molecule has 0 saturated heterocycles. The van der Waals surface area contributed by atoms with Gasteiger partial charge in [-0.2, -0.15) is 0 Å². The van der Waals surface area contributed by atoms with E-state index in [9.17, 15) is 14.0 Å². The number of carbonyl (C=O) groups is 2. The third kappa shape index (κ3) is 4.56. The van der Waals surface area contributed by atoms with Crippen LogP contribution in [-0.4, -0.2) is 11.8 Å². The van der Waals surface area contributed by atoms with Gasteiger partial charge in [-0.15, -0.1) is 0 Å². The Morgan fingerprint density at radius 3 is 2.23 bits per heavy atom. The molecule has 2 aromatic carbocycles. The summed E-state index contributed by atoms with van der Waals surface area (Å²) in [6.45, 7) is 1.32. The van der Waals surface area contributed by atoms with Crippen molar-refractivity contribution in [3.05, 3.63) is 71.7 Å². The molecule has 0 bridgehead atoms. The molecule has 0 aliphatic carbocycles. The zero-order valence-electron chi connectivity index (χ0n) is 12.0. The van der Waals surface area contributed by atoms with Gasteiger partial charge in [-0.3, -0.25) is 9.59 Å². The Morgan fingerprint density at radius 2 is 1.64 bits per heavy atom. The zero-order valence-corrected chi connectivity index (χ0v) is 12.0. The summed E-state index contributed by atoms with van der Waals surface area (Å²) in [6.07, 6.45) is 1.57. The Bertz CT molecular complexity index is 694. The van der Waals surface area contributed by atoms with Crippen molar-refractivity contribution in [2.45, 2.75) is 6.92 Å². The van der Waals surface area contributed by atoms with Gasteiger partial charge in [0.15, 0.2) is 0 Å². The minimum Gasteiger partial charge on any atom is -0.322 e. The molecule has 0 unspecified atom stereocenters. The number of rotatable bonds is 4. The van der Waals surface area contributed by atoms with Gasteiger partial charge in [0.05, 0.1) is 0 Å². The average Bonchev–Trinajstić information content (AvgIpc) is 2.49. The summed E-state index contributed by atoms with van der Waals surface area (Å²) in [5.41, 5.74) is 1.33. The summed E-state index contributed by atoms with van der Waals surface area (Å²) >= 11 is 0. The van der Waals surface area contributed by atoms with Gasteiger partial charge in [0.1, 0.15) is 11.5 Å².